The van der Waals surface area contributed by atoms with Crippen LogP contribution in [0.15, 0.2) is 39.8 Å². The van der Waals surface area contributed by atoms with E-state index in [1.807, 2.05) is 20.8 Å². The summed E-state index contributed by atoms with van der Waals surface area (Å²) in [7, 11) is -3.80. The Morgan fingerprint density at radius 2 is 1.93 bits per heavy atom. The molecule has 1 fully saturated rings. The molecule has 2 aromatic rings. The largest absolute Gasteiger partial charge is 0.359 e. The molecule has 150 valence electrons. The van der Waals surface area contributed by atoms with Crippen LogP contribution in [-0.2, 0) is 20.2 Å². The average Bonchev–Trinajstić information content (AvgIpc) is 3.11. The number of nitrogens with one attached hydrogen (secondary N) is 2. The van der Waals surface area contributed by atoms with Crippen LogP contribution in [0.1, 0.15) is 36.9 Å². The van der Waals surface area contributed by atoms with Crippen molar-refractivity contribution in [2.24, 2.45) is 0 Å². The zero-order valence-corrected chi connectivity index (χ0v) is 16.7. The Bertz CT molecular complexity index is 990. The van der Waals surface area contributed by atoms with Gasteiger partial charge in [-0.15, -0.1) is 0 Å². The minimum absolute atomic E-state index is 0.0233. The van der Waals surface area contributed by atoms with Gasteiger partial charge in [0.25, 0.3) is 5.91 Å². The molecule has 2 N–H and O–H groups in total. The van der Waals surface area contributed by atoms with Crippen molar-refractivity contribution in [2.45, 2.75) is 31.1 Å². The van der Waals surface area contributed by atoms with Crippen molar-refractivity contribution in [1.29, 1.82) is 0 Å². The summed E-state index contributed by atoms with van der Waals surface area (Å²) in [6, 6.07) is 7.17. The lowest BCUT2D eigenvalue weighted by Gasteiger charge is -2.25. The van der Waals surface area contributed by atoms with Crippen LogP contribution >= 0.6 is 0 Å². The molecule has 9 nitrogen and oxygen atoms in total. The van der Waals surface area contributed by atoms with Crippen molar-refractivity contribution in [1.82, 2.24) is 14.8 Å². The monoisotopic (exact) mass is 406 g/mol. The van der Waals surface area contributed by atoms with Crippen molar-refractivity contribution in [3.05, 3.63) is 41.7 Å². The second-order valence-corrected chi connectivity index (χ2v) is 9.43. The third-order valence-corrected chi connectivity index (χ3v) is 6.11. The smallest absolute Gasteiger partial charge is 0.256 e. The molecule has 0 saturated carbocycles. The molecule has 1 aromatic heterocycles. The summed E-state index contributed by atoms with van der Waals surface area (Å²) in [6.45, 7) is 6.15. The zero-order chi connectivity index (χ0) is 20.5. The fourth-order valence-electron chi connectivity index (χ4n) is 2.62. The molecule has 0 aliphatic carbocycles. The summed E-state index contributed by atoms with van der Waals surface area (Å²) in [5.41, 5.74) is 0.0350. The number of nitrogens with zero attached hydrogens (tertiary/aromatic N) is 2. The summed E-state index contributed by atoms with van der Waals surface area (Å²) in [6.07, 6.45) is 0. The summed E-state index contributed by atoms with van der Waals surface area (Å²) in [5.74, 6) is 0.142. The lowest BCUT2D eigenvalue weighted by atomic mass is 9.93. The molecular formula is C18H22N4O5S. The van der Waals surface area contributed by atoms with Crippen molar-refractivity contribution >= 4 is 27.7 Å². The first-order valence-electron chi connectivity index (χ1n) is 8.73. The average molecular weight is 406 g/mol. The molecule has 10 heteroatoms. The Kier molecular flexibility index (Phi) is 5.26. The molecule has 2 amide bonds. The van der Waals surface area contributed by atoms with Crippen LogP contribution < -0.4 is 10.6 Å². The molecule has 1 saturated heterocycles. The second-order valence-electron chi connectivity index (χ2n) is 7.49. The molecule has 0 bridgehead atoms. The molecule has 0 spiro atoms. The van der Waals surface area contributed by atoms with Gasteiger partial charge in [0, 0.05) is 30.1 Å². The van der Waals surface area contributed by atoms with Crippen molar-refractivity contribution in [2.75, 3.05) is 25.0 Å². The number of rotatable bonds is 4. The molecule has 0 atom stereocenters. The lowest BCUT2D eigenvalue weighted by molar-refractivity contribution is -0.122. The maximum Gasteiger partial charge on any atom is 0.256 e. The summed E-state index contributed by atoms with van der Waals surface area (Å²) >= 11 is 0. The topological polar surface area (TPSA) is 122 Å². The summed E-state index contributed by atoms with van der Waals surface area (Å²) in [5, 5.41) is 9.03. The van der Waals surface area contributed by atoms with E-state index in [-0.39, 0.29) is 47.2 Å². The quantitative estimate of drug-likeness (QED) is 0.790. The van der Waals surface area contributed by atoms with Gasteiger partial charge in [-0.1, -0.05) is 25.9 Å². The third kappa shape index (κ3) is 4.23. The predicted molar refractivity (Wildman–Crippen MR) is 101 cm³/mol. The van der Waals surface area contributed by atoms with E-state index < -0.39 is 15.9 Å². The van der Waals surface area contributed by atoms with Crippen LogP contribution in [0.5, 0.6) is 0 Å². The third-order valence-electron chi connectivity index (χ3n) is 4.25. The Labute approximate surface area is 163 Å². The number of carbonyl (C=O) groups is 2. The number of hydrogen-bond acceptors (Lipinski definition) is 6. The first-order chi connectivity index (χ1) is 13.1. The van der Waals surface area contributed by atoms with E-state index in [0.29, 0.717) is 5.76 Å². The molecule has 1 aromatic carbocycles. The van der Waals surface area contributed by atoms with Gasteiger partial charge in [0.05, 0.1) is 11.4 Å². The molecule has 28 heavy (non-hydrogen) atoms. The first-order valence-corrected chi connectivity index (χ1v) is 10.2. The Hall–Kier alpha value is -2.72. The molecule has 0 unspecified atom stereocenters. The number of amides is 2. The highest BCUT2D eigenvalue weighted by Gasteiger charge is 2.29. The number of carbonyl (C=O) groups excluding carboxylic acids is 2. The molecule has 3 rings (SSSR count). The van der Waals surface area contributed by atoms with Gasteiger partial charge in [0.15, 0.2) is 5.82 Å². The van der Waals surface area contributed by atoms with E-state index in [0.717, 1.165) is 4.31 Å². The number of sulfonamides is 1. The van der Waals surface area contributed by atoms with Gasteiger partial charge in [-0.3, -0.25) is 9.59 Å². The fourth-order valence-corrected chi connectivity index (χ4v) is 4.02. The number of benzene rings is 1. The molecule has 1 aliphatic rings. The number of aromatic nitrogens is 1. The van der Waals surface area contributed by atoms with Gasteiger partial charge >= 0.3 is 0 Å². The van der Waals surface area contributed by atoms with Crippen LogP contribution in [-0.4, -0.2) is 49.3 Å². The molecule has 1 aliphatic heterocycles. The minimum Gasteiger partial charge on any atom is -0.359 e. The maximum atomic E-state index is 12.6. The fraction of sp³-hybridized carbons (Fsp3) is 0.389. The molecule has 2 heterocycles. The Balaban J connectivity index is 1.72. The first kappa shape index (κ1) is 20.0. The summed E-state index contributed by atoms with van der Waals surface area (Å²) in [4.78, 5) is 23.8. The van der Waals surface area contributed by atoms with E-state index >= 15 is 0 Å². The second kappa shape index (κ2) is 7.36. The predicted octanol–water partition coefficient (Wildman–Crippen LogP) is 1.34. The number of hydrogen-bond donors (Lipinski definition) is 2. The molecule has 0 radical (unpaired) electrons. The lowest BCUT2D eigenvalue weighted by Crippen LogP contribution is -2.49. The van der Waals surface area contributed by atoms with Crippen LogP contribution in [0.4, 0.5) is 5.82 Å². The van der Waals surface area contributed by atoms with Crippen LogP contribution in [0, 0.1) is 0 Å². The van der Waals surface area contributed by atoms with Gasteiger partial charge in [-0.05, 0) is 24.3 Å². The maximum absolute atomic E-state index is 12.6. The highest BCUT2D eigenvalue weighted by Crippen LogP contribution is 2.24. The van der Waals surface area contributed by atoms with Crippen LogP contribution in [0.25, 0.3) is 0 Å². The van der Waals surface area contributed by atoms with Gasteiger partial charge < -0.3 is 15.2 Å². The molecular weight excluding hydrogens is 384 g/mol. The van der Waals surface area contributed by atoms with Gasteiger partial charge in [0.2, 0.25) is 15.9 Å². The van der Waals surface area contributed by atoms with E-state index in [4.69, 9.17) is 4.52 Å². The standard InChI is InChI=1S/C18H22N4O5S/c1-18(2,3)14-10-15(21-27-14)20-17(24)12-4-6-13(7-5-12)28(25,26)22-9-8-19-16(23)11-22/h4-7,10H,8-9,11H2,1-3H3,(H,19,23)(H,20,21,24). The van der Waals surface area contributed by atoms with E-state index in [1.54, 1.807) is 6.07 Å². The van der Waals surface area contributed by atoms with Crippen LogP contribution in [0.3, 0.4) is 0 Å². The van der Waals surface area contributed by atoms with Crippen molar-refractivity contribution in [3.63, 3.8) is 0 Å². The van der Waals surface area contributed by atoms with Gasteiger partial charge in [-0.2, -0.15) is 4.31 Å². The van der Waals surface area contributed by atoms with E-state index in [1.165, 1.54) is 24.3 Å². The SMILES string of the molecule is CC(C)(C)c1cc(NC(=O)c2ccc(S(=O)(=O)N3CCNC(=O)C3)cc2)no1. The number of anilines is 1. The van der Waals surface area contributed by atoms with Gasteiger partial charge in [0.1, 0.15) is 5.76 Å². The summed E-state index contributed by atoms with van der Waals surface area (Å²) < 4.78 is 31.6. The van der Waals surface area contributed by atoms with Crippen molar-refractivity contribution < 1.29 is 22.5 Å². The van der Waals surface area contributed by atoms with E-state index in [9.17, 15) is 18.0 Å². The van der Waals surface area contributed by atoms with E-state index in [2.05, 4.69) is 15.8 Å². The van der Waals surface area contributed by atoms with Crippen molar-refractivity contribution in [3.8, 4) is 0 Å². The Morgan fingerprint density at radius 3 is 2.50 bits per heavy atom. The minimum atomic E-state index is -3.80. The highest BCUT2D eigenvalue weighted by atomic mass is 32.2. The highest BCUT2D eigenvalue weighted by molar-refractivity contribution is 7.89. The van der Waals surface area contributed by atoms with Gasteiger partial charge in [-0.25, -0.2) is 8.42 Å². The Morgan fingerprint density at radius 1 is 1.25 bits per heavy atom. The zero-order valence-electron chi connectivity index (χ0n) is 15.9. The normalized spacial score (nSPS) is 15.9. The van der Waals surface area contributed by atoms with Crippen LogP contribution in [0.2, 0.25) is 0 Å². The number of piperazine rings is 1.